The van der Waals surface area contributed by atoms with Crippen LogP contribution in [0.4, 0.5) is 0 Å². The second kappa shape index (κ2) is 5.59. The van der Waals surface area contributed by atoms with Crippen molar-refractivity contribution in [2.45, 2.75) is 25.8 Å². The monoisotopic (exact) mass is 200 g/mol. The van der Waals surface area contributed by atoms with E-state index in [-0.39, 0.29) is 24.5 Å². The highest BCUT2D eigenvalue weighted by atomic mass is 16.5. The molecule has 1 rings (SSSR count). The Bertz CT molecular complexity index is 218. The molecule has 0 aliphatic carbocycles. The number of piperidine rings is 1. The van der Waals surface area contributed by atoms with E-state index in [0.717, 1.165) is 19.4 Å². The summed E-state index contributed by atoms with van der Waals surface area (Å²) in [6.45, 7) is 2.96. The predicted octanol–water partition coefficient (Wildman–Crippen LogP) is -0.582. The van der Waals surface area contributed by atoms with Gasteiger partial charge in [0.25, 0.3) is 0 Å². The maximum atomic E-state index is 11.2. The van der Waals surface area contributed by atoms with E-state index in [9.17, 15) is 9.59 Å². The minimum absolute atomic E-state index is 0.0273. The lowest BCUT2D eigenvalue weighted by molar-refractivity contribution is -0.142. The topological polar surface area (TPSA) is 67.4 Å². The molecule has 0 saturated carbocycles. The molecule has 1 saturated heterocycles. The molecule has 14 heavy (non-hydrogen) atoms. The molecule has 0 spiro atoms. The molecule has 5 heteroatoms. The summed E-state index contributed by atoms with van der Waals surface area (Å²) in [6, 6.07) is -0.242. The fourth-order valence-electron chi connectivity index (χ4n) is 1.39. The maximum absolute atomic E-state index is 11.2. The average molecular weight is 200 g/mol. The smallest absolute Gasteiger partial charge is 0.319 e. The van der Waals surface area contributed by atoms with E-state index < -0.39 is 0 Å². The molecule has 80 valence electrons. The van der Waals surface area contributed by atoms with Gasteiger partial charge in [0.2, 0.25) is 5.91 Å². The molecule has 0 aromatic heterocycles. The Morgan fingerprint density at radius 2 is 2.50 bits per heavy atom. The number of ether oxygens (including phenoxy) is 1. The van der Waals surface area contributed by atoms with E-state index >= 15 is 0 Å². The molecular weight excluding hydrogens is 184 g/mol. The van der Waals surface area contributed by atoms with E-state index in [1.165, 1.54) is 0 Å². The van der Waals surface area contributed by atoms with E-state index in [1.54, 1.807) is 6.92 Å². The largest absolute Gasteiger partial charge is 0.465 e. The van der Waals surface area contributed by atoms with Crippen LogP contribution < -0.4 is 10.6 Å². The average Bonchev–Trinajstić information content (AvgIpc) is 2.17. The van der Waals surface area contributed by atoms with Crippen LogP contribution in [0.2, 0.25) is 0 Å². The van der Waals surface area contributed by atoms with Gasteiger partial charge in [-0.15, -0.1) is 0 Å². The zero-order chi connectivity index (χ0) is 10.4. The number of hydrogen-bond acceptors (Lipinski definition) is 4. The van der Waals surface area contributed by atoms with Crippen molar-refractivity contribution in [3.8, 4) is 0 Å². The minimum atomic E-state index is -0.314. The molecule has 1 heterocycles. The predicted molar refractivity (Wildman–Crippen MR) is 50.7 cm³/mol. The minimum Gasteiger partial charge on any atom is -0.465 e. The molecule has 1 atom stereocenters. The van der Waals surface area contributed by atoms with Crippen molar-refractivity contribution < 1.29 is 14.3 Å². The van der Waals surface area contributed by atoms with Crippen LogP contribution in [0.25, 0.3) is 0 Å². The van der Waals surface area contributed by atoms with Crippen molar-refractivity contribution >= 4 is 11.9 Å². The highest BCUT2D eigenvalue weighted by molar-refractivity contribution is 5.83. The van der Waals surface area contributed by atoms with Gasteiger partial charge in [-0.3, -0.25) is 14.9 Å². The van der Waals surface area contributed by atoms with E-state index in [0.29, 0.717) is 6.61 Å². The van der Waals surface area contributed by atoms with Crippen LogP contribution in [-0.4, -0.2) is 37.6 Å². The fraction of sp³-hybridized carbons (Fsp3) is 0.778. The maximum Gasteiger partial charge on any atom is 0.319 e. The number of rotatable bonds is 4. The van der Waals surface area contributed by atoms with Crippen LogP contribution in [0.1, 0.15) is 19.8 Å². The van der Waals surface area contributed by atoms with Gasteiger partial charge in [-0.25, -0.2) is 0 Å². The number of nitrogens with one attached hydrogen (secondary N) is 2. The lowest BCUT2D eigenvalue weighted by atomic mass is 10.1. The van der Waals surface area contributed by atoms with Gasteiger partial charge in [-0.2, -0.15) is 0 Å². The van der Waals surface area contributed by atoms with Crippen LogP contribution in [0.5, 0.6) is 0 Å². The number of carbonyl (C=O) groups excluding carboxylic acids is 2. The number of carbonyl (C=O) groups is 2. The summed E-state index contributed by atoms with van der Waals surface area (Å²) in [5.74, 6) is -0.341. The molecule has 0 aromatic carbocycles. The van der Waals surface area contributed by atoms with Crippen molar-refractivity contribution in [3.63, 3.8) is 0 Å². The van der Waals surface area contributed by atoms with Crippen molar-refractivity contribution in [3.05, 3.63) is 0 Å². The third kappa shape index (κ3) is 3.33. The molecule has 0 aromatic rings. The van der Waals surface area contributed by atoms with Crippen molar-refractivity contribution in [2.24, 2.45) is 0 Å². The van der Waals surface area contributed by atoms with Gasteiger partial charge in [0.05, 0.1) is 19.2 Å². The molecule has 1 aliphatic rings. The van der Waals surface area contributed by atoms with Gasteiger partial charge in [0, 0.05) is 6.54 Å². The lowest BCUT2D eigenvalue weighted by Gasteiger charge is -2.22. The zero-order valence-electron chi connectivity index (χ0n) is 8.34. The summed E-state index contributed by atoms with van der Waals surface area (Å²) in [4.78, 5) is 22.2. The molecule has 1 unspecified atom stereocenters. The lowest BCUT2D eigenvalue weighted by Crippen LogP contribution is -2.49. The molecule has 2 N–H and O–H groups in total. The first kappa shape index (κ1) is 11.0. The van der Waals surface area contributed by atoms with Gasteiger partial charge in [-0.05, 0) is 19.8 Å². The number of esters is 1. The first-order valence-electron chi connectivity index (χ1n) is 4.90. The molecule has 1 aliphatic heterocycles. The van der Waals surface area contributed by atoms with Crippen molar-refractivity contribution in [1.29, 1.82) is 0 Å². The third-order valence-electron chi connectivity index (χ3n) is 2.08. The summed E-state index contributed by atoms with van der Waals surface area (Å²) < 4.78 is 4.74. The van der Waals surface area contributed by atoms with Gasteiger partial charge >= 0.3 is 5.97 Å². The van der Waals surface area contributed by atoms with Gasteiger partial charge in [0.15, 0.2) is 0 Å². The van der Waals surface area contributed by atoms with Crippen molar-refractivity contribution in [1.82, 2.24) is 10.6 Å². The molecule has 1 amide bonds. The summed E-state index contributed by atoms with van der Waals surface area (Å²) in [6.07, 6.45) is 1.73. The Morgan fingerprint density at radius 1 is 1.71 bits per heavy atom. The molecule has 0 radical (unpaired) electrons. The van der Waals surface area contributed by atoms with Crippen LogP contribution in [0.3, 0.4) is 0 Å². The molecule has 1 fully saturated rings. The summed E-state index contributed by atoms with van der Waals surface area (Å²) in [5.41, 5.74) is 0. The van der Waals surface area contributed by atoms with Crippen LogP contribution in [-0.2, 0) is 14.3 Å². The Kier molecular flexibility index (Phi) is 4.39. The highest BCUT2D eigenvalue weighted by Crippen LogP contribution is 2.02. The summed E-state index contributed by atoms with van der Waals surface area (Å²) >= 11 is 0. The van der Waals surface area contributed by atoms with E-state index in [4.69, 9.17) is 4.74 Å². The van der Waals surface area contributed by atoms with Gasteiger partial charge < -0.3 is 10.1 Å². The second-order valence-electron chi connectivity index (χ2n) is 3.17. The number of amides is 1. The Balaban J connectivity index is 2.22. The SMILES string of the molecule is CCOC(=O)CNC1CCCNC1=O. The quantitative estimate of drug-likeness (QED) is 0.596. The van der Waals surface area contributed by atoms with Crippen LogP contribution >= 0.6 is 0 Å². The fourth-order valence-corrected chi connectivity index (χ4v) is 1.39. The van der Waals surface area contributed by atoms with E-state index in [2.05, 4.69) is 10.6 Å². The van der Waals surface area contributed by atoms with Crippen LogP contribution in [0.15, 0.2) is 0 Å². The van der Waals surface area contributed by atoms with Crippen LogP contribution in [0, 0.1) is 0 Å². The summed E-state index contributed by atoms with van der Waals surface area (Å²) in [5, 5.41) is 5.60. The zero-order valence-corrected chi connectivity index (χ0v) is 8.34. The van der Waals surface area contributed by atoms with E-state index in [1.807, 2.05) is 0 Å². The highest BCUT2D eigenvalue weighted by Gasteiger charge is 2.21. The Morgan fingerprint density at radius 3 is 3.14 bits per heavy atom. The second-order valence-corrected chi connectivity index (χ2v) is 3.17. The Hall–Kier alpha value is -1.10. The van der Waals surface area contributed by atoms with Crippen molar-refractivity contribution in [2.75, 3.05) is 19.7 Å². The third-order valence-corrected chi connectivity index (χ3v) is 2.08. The standard InChI is InChI=1S/C9H16N2O3/c1-2-14-8(12)6-11-7-4-3-5-10-9(7)13/h7,11H,2-6H2,1H3,(H,10,13). The van der Waals surface area contributed by atoms with Gasteiger partial charge in [-0.1, -0.05) is 0 Å². The molecular formula is C9H16N2O3. The normalized spacial score (nSPS) is 21.5. The molecule has 0 bridgehead atoms. The Labute approximate surface area is 83.2 Å². The van der Waals surface area contributed by atoms with Gasteiger partial charge in [0.1, 0.15) is 0 Å². The molecule has 5 nitrogen and oxygen atoms in total. The summed E-state index contributed by atoms with van der Waals surface area (Å²) in [7, 11) is 0. The first-order valence-corrected chi connectivity index (χ1v) is 4.90. The number of hydrogen-bond donors (Lipinski definition) is 2. The first-order chi connectivity index (χ1) is 6.74.